The normalized spacial score (nSPS) is 22.6. The van der Waals surface area contributed by atoms with E-state index in [2.05, 4.69) is 6.92 Å². The van der Waals surface area contributed by atoms with Gasteiger partial charge in [0.2, 0.25) is 0 Å². The zero-order valence-electron chi connectivity index (χ0n) is 18.2. The lowest BCUT2D eigenvalue weighted by Gasteiger charge is -2.44. The number of likely N-dealkylation sites (tertiary alicyclic amines) is 1. The third-order valence-corrected chi connectivity index (χ3v) is 5.84. The third kappa shape index (κ3) is 9.39. The van der Waals surface area contributed by atoms with Crippen molar-refractivity contribution in [1.82, 2.24) is 4.90 Å². The molecule has 0 N–H and O–H groups in total. The highest BCUT2D eigenvalue weighted by atomic mass is 19.4. The summed E-state index contributed by atoms with van der Waals surface area (Å²) in [4.78, 5) is 24.2. The lowest BCUT2D eigenvalue weighted by molar-refractivity contribution is -0.197. The molecule has 3 atom stereocenters. The molecule has 0 bridgehead atoms. The van der Waals surface area contributed by atoms with Gasteiger partial charge >= 0.3 is 18.1 Å². The van der Waals surface area contributed by atoms with Gasteiger partial charge in [-0.05, 0) is 26.2 Å². The van der Waals surface area contributed by atoms with Crippen LogP contribution in [-0.2, 0) is 14.3 Å². The number of ether oxygens (including phenoxy) is 1. The van der Waals surface area contributed by atoms with Crippen molar-refractivity contribution in [3.63, 3.8) is 0 Å². The fraction of sp³-hybridized carbons (Fsp3) is 0.909. The molecule has 0 radical (unpaired) electrons. The maximum absolute atomic E-state index is 13.1. The summed E-state index contributed by atoms with van der Waals surface area (Å²) in [5.41, 5.74) is 0. The standard InChI is InChI=1S/C22H38F3NO3/c1-4-5-6-7-8-9-10-11-12-13-14-19-15-16-20(29-18(3)27)17(2)26(19)21(28)22(23,24)25/h17,19-20H,4-16H2,1-3H3/t17-,19+,20-/m1/s1. The molecule has 1 aliphatic rings. The second kappa shape index (κ2) is 13.1. The van der Waals surface area contributed by atoms with Crippen LogP contribution >= 0.6 is 0 Å². The van der Waals surface area contributed by atoms with Crippen molar-refractivity contribution in [1.29, 1.82) is 0 Å². The van der Waals surface area contributed by atoms with Crippen LogP contribution in [0.2, 0.25) is 0 Å². The summed E-state index contributed by atoms with van der Waals surface area (Å²) in [6.45, 7) is 4.98. The minimum atomic E-state index is -4.91. The summed E-state index contributed by atoms with van der Waals surface area (Å²) >= 11 is 0. The second-order valence-corrected chi connectivity index (χ2v) is 8.30. The molecule has 0 aromatic rings. The molecule has 1 heterocycles. The van der Waals surface area contributed by atoms with Gasteiger partial charge in [0.25, 0.3) is 0 Å². The lowest BCUT2D eigenvalue weighted by Crippen LogP contribution is -2.58. The van der Waals surface area contributed by atoms with Crippen LogP contribution in [0, 0.1) is 0 Å². The Balaban J connectivity index is 2.45. The van der Waals surface area contributed by atoms with Gasteiger partial charge in [-0.2, -0.15) is 13.2 Å². The van der Waals surface area contributed by atoms with Crippen molar-refractivity contribution in [2.45, 2.75) is 129 Å². The van der Waals surface area contributed by atoms with Gasteiger partial charge in [-0.15, -0.1) is 0 Å². The number of hydrogen-bond donors (Lipinski definition) is 0. The Morgan fingerprint density at radius 1 is 0.931 bits per heavy atom. The highest BCUT2D eigenvalue weighted by Crippen LogP contribution is 2.32. The fourth-order valence-corrected chi connectivity index (χ4v) is 4.27. The van der Waals surface area contributed by atoms with Crippen molar-refractivity contribution in [2.75, 3.05) is 0 Å². The molecule has 1 amide bonds. The second-order valence-electron chi connectivity index (χ2n) is 8.30. The van der Waals surface area contributed by atoms with E-state index in [1.54, 1.807) is 6.92 Å². The Hall–Kier alpha value is -1.27. The van der Waals surface area contributed by atoms with Gasteiger partial charge in [0.15, 0.2) is 0 Å². The van der Waals surface area contributed by atoms with E-state index in [4.69, 9.17) is 4.74 Å². The Kier molecular flexibility index (Phi) is 11.7. The summed E-state index contributed by atoms with van der Waals surface area (Å²) in [7, 11) is 0. The smallest absolute Gasteiger partial charge is 0.460 e. The van der Waals surface area contributed by atoms with E-state index in [9.17, 15) is 22.8 Å². The molecule has 170 valence electrons. The van der Waals surface area contributed by atoms with Crippen molar-refractivity contribution in [3.05, 3.63) is 0 Å². The quantitative estimate of drug-likeness (QED) is 0.280. The number of hydrogen-bond acceptors (Lipinski definition) is 3. The molecule has 0 unspecified atom stereocenters. The van der Waals surface area contributed by atoms with Crippen LogP contribution in [0.3, 0.4) is 0 Å². The number of nitrogens with zero attached hydrogens (tertiary/aromatic N) is 1. The highest BCUT2D eigenvalue weighted by Gasteiger charge is 2.49. The molecule has 0 aliphatic carbocycles. The van der Waals surface area contributed by atoms with Crippen LogP contribution in [-0.4, -0.2) is 41.1 Å². The zero-order chi connectivity index (χ0) is 21.9. The number of carbonyl (C=O) groups is 2. The van der Waals surface area contributed by atoms with E-state index < -0.39 is 36.2 Å². The number of carbonyl (C=O) groups excluding carboxylic acids is 2. The van der Waals surface area contributed by atoms with Crippen molar-refractivity contribution in [2.24, 2.45) is 0 Å². The molecule has 0 aromatic carbocycles. The third-order valence-electron chi connectivity index (χ3n) is 5.84. The van der Waals surface area contributed by atoms with Crippen molar-refractivity contribution in [3.8, 4) is 0 Å². The van der Waals surface area contributed by atoms with Gasteiger partial charge in [0.05, 0.1) is 6.04 Å². The van der Waals surface area contributed by atoms with E-state index in [1.807, 2.05) is 0 Å². The highest BCUT2D eigenvalue weighted by molar-refractivity contribution is 5.82. The number of esters is 1. The minimum absolute atomic E-state index is 0.432. The van der Waals surface area contributed by atoms with Crippen LogP contribution < -0.4 is 0 Å². The number of amides is 1. The average Bonchev–Trinajstić information content (AvgIpc) is 2.64. The van der Waals surface area contributed by atoms with Crippen molar-refractivity contribution < 1.29 is 27.5 Å². The molecule has 0 spiro atoms. The van der Waals surface area contributed by atoms with Gasteiger partial charge in [-0.25, -0.2) is 0 Å². The summed E-state index contributed by atoms with van der Waals surface area (Å²) in [6.07, 6.45) is 7.52. The summed E-state index contributed by atoms with van der Waals surface area (Å²) in [6, 6.07) is -1.21. The Labute approximate surface area is 173 Å². The van der Waals surface area contributed by atoms with Crippen molar-refractivity contribution >= 4 is 11.9 Å². The van der Waals surface area contributed by atoms with Gasteiger partial charge in [0, 0.05) is 13.0 Å². The summed E-state index contributed by atoms with van der Waals surface area (Å²) < 4.78 is 44.5. The van der Waals surface area contributed by atoms with E-state index in [0.29, 0.717) is 19.3 Å². The Bertz CT molecular complexity index is 496. The van der Waals surface area contributed by atoms with Gasteiger partial charge in [-0.1, -0.05) is 71.1 Å². The maximum Gasteiger partial charge on any atom is 0.471 e. The topological polar surface area (TPSA) is 46.6 Å². The lowest BCUT2D eigenvalue weighted by atomic mass is 9.90. The molecule has 0 saturated carbocycles. The summed E-state index contributed by atoms with van der Waals surface area (Å²) in [5.74, 6) is -2.35. The first-order valence-electron chi connectivity index (χ1n) is 11.2. The number of piperidine rings is 1. The molecule has 29 heavy (non-hydrogen) atoms. The average molecular weight is 422 g/mol. The predicted octanol–water partition coefficient (Wildman–Crippen LogP) is 6.17. The minimum Gasteiger partial charge on any atom is -0.460 e. The van der Waals surface area contributed by atoms with Gasteiger partial charge in [0.1, 0.15) is 6.10 Å². The van der Waals surface area contributed by atoms with Gasteiger partial charge in [-0.3, -0.25) is 9.59 Å². The van der Waals surface area contributed by atoms with E-state index in [-0.39, 0.29) is 0 Å². The maximum atomic E-state index is 13.1. The first-order valence-corrected chi connectivity index (χ1v) is 11.2. The molecule has 1 aliphatic heterocycles. The van der Waals surface area contributed by atoms with E-state index in [1.165, 1.54) is 45.4 Å². The fourth-order valence-electron chi connectivity index (χ4n) is 4.27. The molecule has 1 saturated heterocycles. The van der Waals surface area contributed by atoms with Gasteiger partial charge < -0.3 is 9.64 Å². The van der Waals surface area contributed by atoms with Crippen LogP contribution in [0.1, 0.15) is 104 Å². The predicted molar refractivity (Wildman–Crippen MR) is 107 cm³/mol. The van der Waals surface area contributed by atoms with Crippen LogP contribution in [0.15, 0.2) is 0 Å². The SMILES string of the molecule is CCCCCCCCCCCC[C@H]1CC[C@@H](OC(C)=O)[C@@H](C)N1C(=O)C(F)(F)F. The Morgan fingerprint density at radius 2 is 1.45 bits per heavy atom. The molecule has 0 aromatic heterocycles. The first kappa shape index (κ1) is 25.8. The molecular formula is C22H38F3NO3. The van der Waals surface area contributed by atoms with E-state index >= 15 is 0 Å². The summed E-state index contributed by atoms with van der Waals surface area (Å²) in [5, 5.41) is 0. The largest absolute Gasteiger partial charge is 0.471 e. The molecule has 1 fully saturated rings. The molecular weight excluding hydrogens is 383 g/mol. The Morgan fingerprint density at radius 3 is 1.93 bits per heavy atom. The van der Waals surface area contributed by atoms with Crippen LogP contribution in [0.4, 0.5) is 13.2 Å². The zero-order valence-corrected chi connectivity index (χ0v) is 18.2. The monoisotopic (exact) mass is 421 g/mol. The number of alkyl halides is 3. The molecule has 7 heteroatoms. The van der Waals surface area contributed by atoms with Crippen LogP contribution in [0.5, 0.6) is 0 Å². The first-order chi connectivity index (χ1) is 13.7. The number of halogens is 3. The number of unbranched alkanes of at least 4 members (excludes halogenated alkanes) is 9. The molecule has 4 nitrogen and oxygen atoms in total. The van der Waals surface area contributed by atoms with Crippen LogP contribution in [0.25, 0.3) is 0 Å². The van der Waals surface area contributed by atoms with E-state index in [0.717, 1.165) is 30.6 Å². The number of rotatable bonds is 12. The molecule has 1 rings (SSSR count).